The van der Waals surface area contributed by atoms with E-state index in [0.29, 0.717) is 12.2 Å². The fraction of sp³-hybridized carbons (Fsp3) is 0.188. The van der Waals surface area contributed by atoms with Gasteiger partial charge in [0, 0.05) is 18.3 Å². The third-order valence-corrected chi connectivity index (χ3v) is 4.01. The number of halogens is 3. The molecule has 0 radical (unpaired) electrons. The summed E-state index contributed by atoms with van der Waals surface area (Å²) in [6, 6.07) is 5.87. The van der Waals surface area contributed by atoms with Gasteiger partial charge >= 0.3 is 6.36 Å². The second kappa shape index (κ2) is 8.62. The van der Waals surface area contributed by atoms with E-state index in [4.69, 9.17) is 5.73 Å². The van der Waals surface area contributed by atoms with Gasteiger partial charge in [0.25, 0.3) is 5.56 Å². The number of ether oxygens (including phenoxy) is 1. The molecule has 2 rings (SSSR count). The maximum Gasteiger partial charge on any atom is 0.573 e. The van der Waals surface area contributed by atoms with E-state index < -0.39 is 23.6 Å². The van der Waals surface area contributed by atoms with Gasteiger partial charge in [0.1, 0.15) is 11.6 Å². The molecule has 1 heterocycles. The lowest BCUT2D eigenvalue weighted by atomic mass is 10.3. The highest BCUT2D eigenvalue weighted by Gasteiger charge is 2.30. The van der Waals surface area contributed by atoms with Gasteiger partial charge in [-0.25, -0.2) is 0 Å². The fourth-order valence-corrected chi connectivity index (χ4v) is 2.81. The molecule has 7 nitrogen and oxygen atoms in total. The molecule has 27 heavy (non-hydrogen) atoms. The molecule has 0 aliphatic heterocycles. The van der Waals surface area contributed by atoms with Crippen molar-refractivity contribution < 1.29 is 22.7 Å². The van der Waals surface area contributed by atoms with E-state index in [9.17, 15) is 22.8 Å². The van der Waals surface area contributed by atoms with E-state index in [0.717, 1.165) is 30.0 Å². The first-order chi connectivity index (χ1) is 12.7. The molecule has 11 heteroatoms. The minimum absolute atomic E-state index is 0.0894. The summed E-state index contributed by atoms with van der Waals surface area (Å²) in [5.74, 6) is -0.731. The second-order valence-corrected chi connectivity index (χ2v) is 6.05. The van der Waals surface area contributed by atoms with Gasteiger partial charge in [0.2, 0.25) is 5.91 Å². The zero-order chi connectivity index (χ0) is 20.0. The third-order valence-electron chi connectivity index (χ3n) is 3.04. The summed E-state index contributed by atoms with van der Waals surface area (Å²) in [4.78, 5) is 27.3. The van der Waals surface area contributed by atoms with Gasteiger partial charge in [-0.3, -0.25) is 9.59 Å². The van der Waals surface area contributed by atoms with Gasteiger partial charge in [0.05, 0.1) is 5.75 Å². The summed E-state index contributed by atoms with van der Waals surface area (Å²) in [5, 5.41) is 2.77. The first-order valence-electron chi connectivity index (χ1n) is 7.44. The zero-order valence-electron chi connectivity index (χ0n) is 13.8. The number of benzene rings is 1. The lowest BCUT2D eigenvalue weighted by Crippen LogP contribution is -2.19. The van der Waals surface area contributed by atoms with Crippen molar-refractivity contribution in [3.8, 4) is 5.75 Å². The molecule has 1 amide bonds. The van der Waals surface area contributed by atoms with Crippen LogP contribution in [0.15, 0.2) is 52.9 Å². The average Bonchev–Trinajstić information content (AvgIpc) is 2.56. The van der Waals surface area contributed by atoms with Crippen LogP contribution in [0.25, 0.3) is 0 Å². The monoisotopic (exact) mass is 400 g/mol. The quantitative estimate of drug-likeness (QED) is 0.421. The lowest BCUT2D eigenvalue weighted by Gasteiger charge is -2.13. The number of carbonyl (C=O) groups excluding carboxylic acids is 1. The van der Waals surface area contributed by atoms with Crippen molar-refractivity contribution in [2.75, 3.05) is 16.8 Å². The molecule has 0 aliphatic carbocycles. The van der Waals surface area contributed by atoms with Crippen LogP contribution in [0.4, 0.5) is 24.7 Å². The van der Waals surface area contributed by atoms with Gasteiger partial charge in [-0.15, -0.1) is 19.8 Å². The Morgan fingerprint density at radius 1 is 1.37 bits per heavy atom. The number of carbonyl (C=O) groups is 1. The number of nitrogens with zero attached hydrogens (tertiary/aromatic N) is 2. The molecule has 0 saturated heterocycles. The smallest absolute Gasteiger partial charge is 0.406 e. The lowest BCUT2D eigenvalue weighted by molar-refractivity contribution is -0.274. The van der Waals surface area contributed by atoms with E-state index >= 15 is 0 Å². The summed E-state index contributed by atoms with van der Waals surface area (Å²) in [6.07, 6.45) is -3.22. The van der Waals surface area contributed by atoms with Crippen LogP contribution < -0.4 is 21.3 Å². The number of nitrogen functional groups attached to an aromatic ring is 1. The van der Waals surface area contributed by atoms with Crippen molar-refractivity contribution in [1.82, 2.24) is 9.55 Å². The Morgan fingerprint density at radius 2 is 2.04 bits per heavy atom. The third kappa shape index (κ3) is 6.37. The number of nitrogens with one attached hydrogen (secondary N) is 1. The van der Waals surface area contributed by atoms with Crippen LogP contribution in [-0.2, 0) is 11.3 Å². The Balaban J connectivity index is 1.99. The molecule has 0 saturated carbocycles. The number of rotatable bonds is 7. The van der Waals surface area contributed by atoms with E-state index in [-0.39, 0.29) is 16.7 Å². The minimum Gasteiger partial charge on any atom is -0.406 e. The highest BCUT2D eigenvalue weighted by Crippen LogP contribution is 2.24. The molecular formula is C16H15F3N4O3S. The molecule has 0 bridgehead atoms. The van der Waals surface area contributed by atoms with Crippen LogP contribution in [0.5, 0.6) is 5.75 Å². The van der Waals surface area contributed by atoms with Crippen molar-refractivity contribution in [3.05, 3.63) is 53.3 Å². The molecule has 0 unspecified atom stereocenters. The first-order valence-corrected chi connectivity index (χ1v) is 8.43. The molecule has 1 aromatic heterocycles. The fourth-order valence-electron chi connectivity index (χ4n) is 1.99. The van der Waals surface area contributed by atoms with Gasteiger partial charge in [-0.1, -0.05) is 17.8 Å². The molecule has 0 aliphatic rings. The molecule has 1 aromatic carbocycles. The van der Waals surface area contributed by atoms with Crippen LogP contribution in [0.3, 0.4) is 0 Å². The summed E-state index contributed by atoms with van der Waals surface area (Å²) in [5.41, 5.74) is 5.52. The van der Waals surface area contributed by atoms with Crippen molar-refractivity contribution in [1.29, 1.82) is 0 Å². The van der Waals surface area contributed by atoms with Crippen LogP contribution in [0, 0.1) is 0 Å². The zero-order valence-corrected chi connectivity index (χ0v) is 14.6. The largest absolute Gasteiger partial charge is 0.573 e. The Hall–Kier alpha value is -2.95. The Morgan fingerprint density at radius 3 is 2.63 bits per heavy atom. The standard InChI is InChI=1S/C16H15F3N4O3S/c1-2-7-23-12(20)8-13(24)22-15(23)27-9-14(25)21-10-3-5-11(6-4-10)26-16(17,18)19/h2-6,8H,1,7,9,20H2,(H,21,25). The molecule has 0 fully saturated rings. The maximum atomic E-state index is 12.1. The topological polar surface area (TPSA) is 99.2 Å². The number of anilines is 2. The van der Waals surface area contributed by atoms with Gasteiger partial charge < -0.3 is 20.4 Å². The second-order valence-electron chi connectivity index (χ2n) is 5.11. The first kappa shape index (κ1) is 20.4. The van der Waals surface area contributed by atoms with Gasteiger partial charge in [-0.05, 0) is 24.3 Å². The summed E-state index contributed by atoms with van der Waals surface area (Å²) in [7, 11) is 0. The van der Waals surface area contributed by atoms with Crippen LogP contribution >= 0.6 is 11.8 Å². The summed E-state index contributed by atoms with van der Waals surface area (Å²) < 4.78 is 41.6. The molecule has 0 spiro atoms. The Kier molecular flexibility index (Phi) is 6.50. The molecule has 0 atom stereocenters. The number of thioether (sulfide) groups is 1. The normalized spacial score (nSPS) is 11.1. The number of allylic oxidation sites excluding steroid dienone is 1. The number of alkyl halides is 3. The van der Waals surface area contributed by atoms with Crippen molar-refractivity contribution >= 4 is 29.2 Å². The predicted molar refractivity (Wildman–Crippen MR) is 95.6 cm³/mol. The summed E-state index contributed by atoms with van der Waals surface area (Å²) >= 11 is 0.992. The van der Waals surface area contributed by atoms with Crippen molar-refractivity contribution in [3.63, 3.8) is 0 Å². The van der Waals surface area contributed by atoms with Crippen molar-refractivity contribution in [2.45, 2.75) is 18.1 Å². The van der Waals surface area contributed by atoms with Crippen molar-refractivity contribution in [2.24, 2.45) is 0 Å². The highest BCUT2D eigenvalue weighted by molar-refractivity contribution is 7.99. The SMILES string of the molecule is C=CCn1c(N)cc(=O)nc1SCC(=O)Nc1ccc(OC(F)(F)F)cc1. The summed E-state index contributed by atoms with van der Waals surface area (Å²) in [6.45, 7) is 3.90. The Bertz CT molecular complexity index is 882. The number of amides is 1. The average molecular weight is 400 g/mol. The maximum absolute atomic E-state index is 12.1. The number of nitrogens with two attached hydrogens (primary N) is 1. The Labute approximate surface area is 156 Å². The van der Waals surface area contributed by atoms with Crippen LogP contribution in [0.1, 0.15) is 0 Å². The van der Waals surface area contributed by atoms with Gasteiger partial charge in [0.15, 0.2) is 5.16 Å². The van der Waals surface area contributed by atoms with E-state index in [1.165, 1.54) is 16.7 Å². The molecule has 3 N–H and O–H groups in total. The van der Waals surface area contributed by atoms with E-state index in [1.54, 1.807) is 6.08 Å². The predicted octanol–water partition coefficient (Wildman–Crippen LogP) is 2.64. The molecule has 144 valence electrons. The minimum atomic E-state index is -4.78. The highest BCUT2D eigenvalue weighted by atomic mass is 32.2. The molecule has 2 aromatic rings. The van der Waals surface area contributed by atoms with Gasteiger partial charge in [-0.2, -0.15) is 4.98 Å². The van der Waals surface area contributed by atoms with Crippen LogP contribution in [-0.4, -0.2) is 27.6 Å². The van der Waals surface area contributed by atoms with E-state index in [2.05, 4.69) is 21.6 Å². The number of hydrogen-bond donors (Lipinski definition) is 2. The molecular weight excluding hydrogens is 385 g/mol. The number of hydrogen-bond acceptors (Lipinski definition) is 6. The van der Waals surface area contributed by atoms with Crippen LogP contribution in [0.2, 0.25) is 0 Å². The number of aromatic nitrogens is 2. The van der Waals surface area contributed by atoms with E-state index in [1.807, 2.05) is 0 Å².